The highest BCUT2D eigenvalue weighted by atomic mass is 16.6. The van der Waals surface area contributed by atoms with E-state index in [4.69, 9.17) is 0 Å². The van der Waals surface area contributed by atoms with Crippen molar-refractivity contribution >= 4 is 17.3 Å². The molecule has 1 amide bonds. The van der Waals surface area contributed by atoms with Gasteiger partial charge in [-0.05, 0) is 18.6 Å². The van der Waals surface area contributed by atoms with Crippen LogP contribution in [0.4, 0.5) is 11.4 Å². The number of rotatable bonds is 6. The van der Waals surface area contributed by atoms with E-state index >= 15 is 0 Å². The number of nitrogens with zero attached hydrogens (tertiary/aromatic N) is 3. The number of anilines is 1. The van der Waals surface area contributed by atoms with Crippen molar-refractivity contribution in [3.8, 4) is 11.3 Å². The van der Waals surface area contributed by atoms with Gasteiger partial charge >= 0.3 is 0 Å². The second-order valence-corrected chi connectivity index (χ2v) is 7.10. The number of nitrogens with one attached hydrogen (secondary N) is 1. The molecule has 0 fully saturated rings. The van der Waals surface area contributed by atoms with Gasteiger partial charge in [0.1, 0.15) is 5.69 Å². The number of nitro groups is 1. The van der Waals surface area contributed by atoms with Gasteiger partial charge in [-0.2, -0.15) is 5.10 Å². The Kier molecular flexibility index (Phi) is 5.57. The summed E-state index contributed by atoms with van der Waals surface area (Å²) in [7, 11) is 0. The number of carbonyl (C=O) groups is 1. The third-order valence-electron chi connectivity index (χ3n) is 4.99. The lowest BCUT2D eigenvalue weighted by Crippen LogP contribution is -2.13. The number of hydrogen-bond donors (Lipinski definition) is 1. The average Bonchev–Trinajstić information content (AvgIpc) is 3.20. The topological polar surface area (TPSA) is 90.1 Å². The van der Waals surface area contributed by atoms with Gasteiger partial charge < -0.3 is 5.32 Å². The van der Waals surface area contributed by atoms with Crippen molar-refractivity contribution < 1.29 is 9.72 Å². The van der Waals surface area contributed by atoms with Crippen molar-refractivity contribution in [2.75, 3.05) is 5.32 Å². The molecule has 0 aliphatic carbocycles. The molecule has 4 aromatic rings. The zero-order valence-corrected chi connectivity index (χ0v) is 16.9. The molecule has 0 spiro atoms. The zero-order chi connectivity index (χ0) is 21.8. The van der Waals surface area contributed by atoms with Crippen LogP contribution in [-0.4, -0.2) is 20.6 Å². The second-order valence-electron chi connectivity index (χ2n) is 7.10. The molecule has 0 atom stereocenters. The lowest BCUT2D eigenvalue weighted by Gasteiger charge is -2.08. The van der Waals surface area contributed by atoms with Crippen molar-refractivity contribution in [2.24, 2.45) is 0 Å². The molecule has 0 bridgehead atoms. The van der Waals surface area contributed by atoms with Crippen LogP contribution in [0.1, 0.15) is 21.5 Å². The number of hydrogen-bond acceptors (Lipinski definition) is 4. The Hall–Kier alpha value is -4.26. The SMILES string of the molecule is Cc1c(NC(=O)c2cn(Cc3ccccc3)nc2-c2ccccc2)cccc1[N+](=O)[O-]. The summed E-state index contributed by atoms with van der Waals surface area (Å²) in [5.74, 6) is -0.373. The maximum Gasteiger partial charge on any atom is 0.274 e. The minimum atomic E-state index is -0.460. The Balaban J connectivity index is 1.70. The second kappa shape index (κ2) is 8.62. The van der Waals surface area contributed by atoms with E-state index in [-0.39, 0.29) is 11.6 Å². The molecule has 31 heavy (non-hydrogen) atoms. The van der Waals surface area contributed by atoms with E-state index in [0.29, 0.717) is 29.1 Å². The Bertz CT molecular complexity index is 1230. The fourth-order valence-electron chi connectivity index (χ4n) is 3.39. The van der Waals surface area contributed by atoms with Crippen molar-refractivity contribution in [2.45, 2.75) is 13.5 Å². The highest BCUT2D eigenvalue weighted by Crippen LogP contribution is 2.27. The van der Waals surface area contributed by atoms with Gasteiger partial charge in [0.25, 0.3) is 11.6 Å². The molecule has 1 heterocycles. The minimum Gasteiger partial charge on any atom is -0.321 e. The fraction of sp³-hybridized carbons (Fsp3) is 0.0833. The summed E-state index contributed by atoms with van der Waals surface area (Å²) >= 11 is 0. The molecule has 0 unspecified atom stereocenters. The maximum atomic E-state index is 13.2. The van der Waals surface area contributed by atoms with E-state index in [1.165, 1.54) is 6.07 Å². The molecule has 3 aromatic carbocycles. The predicted molar refractivity (Wildman–Crippen MR) is 119 cm³/mol. The van der Waals surface area contributed by atoms with Crippen LogP contribution in [0.5, 0.6) is 0 Å². The van der Waals surface area contributed by atoms with Gasteiger partial charge in [-0.3, -0.25) is 19.6 Å². The lowest BCUT2D eigenvalue weighted by atomic mass is 10.1. The van der Waals surface area contributed by atoms with Gasteiger partial charge in [-0.25, -0.2) is 0 Å². The predicted octanol–water partition coefficient (Wildman–Crippen LogP) is 5.07. The first-order valence-electron chi connectivity index (χ1n) is 9.75. The van der Waals surface area contributed by atoms with Crippen LogP contribution in [0.25, 0.3) is 11.3 Å². The first kappa shape index (κ1) is 20.0. The van der Waals surface area contributed by atoms with Crippen molar-refractivity contribution in [3.63, 3.8) is 0 Å². The largest absolute Gasteiger partial charge is 0.321 e. The molecule has 4 rings (SSSR count). The number of aromatic nitrogens is 2. The molecule has 154 valence electrons. The highest BCUT2D eigenvalue weighted by molar-refractivity contribution is 6.08. The fourth-order valence-corrected chi connectivity index (χ4v) is 3.39. The first-order chi connectivity index (χ1) is 15.0. The number of amides is 1. The van der Waals surface area contributed by atoms with E-state index < -0.39 is 4.92 Å². The van der Waals surface area contributed by atoms with Gasteiger partial charge in [-0.1, -0.05) is 66.7 Å². The average molecular weight is 412 g/mol. The zero-order valence-electron chi connectivity index (χ0n) is 16.9. The van der Waals surface area contributed by atoms with Crippen LogP contribution in [0, 0.1) is 17.0 Å². The molecule has 7 nitrogen and oxygen atoms in total. The van der Waals surface area contributed by atoms with Crippen LogP contribution in [0.2, 0.25) is 0 Å². The Morgan fingerprint density at radius 2 is 1.68 bits per heavy atom. The van der Waals surface area contributed by atoms with Crippen molar-refractivity contribution in [3.05, 3.63) is 112 Å². The molecule has 0 saturated carbocycles. The third kappa shape index (κ3) is 4.35. The van der Waals surface area contributed by atoms with Crippen LogP contribution in [0.15, 0.2) is 85.1 Å². The molecular weight excluding hydrogens is 392 g/mol. The monoisotopic (exact) mass is 412 g/mol. The summed E-state index contributed by atoms with van der Waals surface area (Å²) in [5.41, 5.74) is 3.58. The highest BCUT2D eigenvalue weighted by Gasteiger charge is 2.20. The summed E-state index contributed by atoms with van der Waals surface area (Å²) in [6.07, 6.45) is 1.71. The molecule has 0 saturated heterocycles. The van der Waals surface area contributed by atoms with Gasteiger partial charge in [-0.15, -0.1) is 0 Å². The van der Waals surface area contributed by atoms with Crippen molar-refractivity contribution in [1.82, 2.24) is 9.78 Å². The molecular formula is C24H20N4O3. The summed E-state index contributed by atoms with van der Waals surface area (Å²) in [6.45, 7) is 2.13. The number of nitro benzene ring substituents is 1. The standard InChI is InChI=1S/C24H20N4O3/c1-17-21(13-8-14-22(17)28(30)31)25-24(29)20-16-27(15-18-9-4-2-5-10-18)26-23(20)19-11-6-3-7-12-19/h2-14,16H,15H2,1H3,(H,25,29). The smallest absolute Gasteiger partial charge is 0.274 e. The Labute approximate surface area is 179 Å². The van der Waals surface area contributed by atoms with E-state index in [0.717, 1.165) is 11.1 Å². The van der Waals surface area contributed by atoms with Gasteiger partial charge in [0.15, 0.2) is 0 Å². The molecule has 7 heteroatoms. The number of benzene rings is 3. The molecule has 0 radical (unpaired) electrons. The maximum absolute atomic E-state index is 13.2. The molecule has 1 N–H and O–H groups in total. The molecule has 0 aliphatic rings. The van der Waals surface area contributed by atoms with Gasteiger partial charge in [0.2, 0.25) is 0 Å². The van der Waals surface area contributed by atoms with E-state index in [9.17, 15) is 14.9 Å². The van der Waals surface area contributed by atoms with E-state index in [1.54, 1.807) is 29.9 Å². The minimum absolute atomic E-state index is 0.0409. The molecule has 1 aromatic heterocycles. The number of carbonyl (C=O) groups excluding carboxylic acids is 1. The first-order valence-corrected chi connectivity index (χ1v) is 9.75. The quantitative estimate of drug-likeness (QED) is 0.354. The summed E-state index contributed by atoms with van der Waals surface area (Å²) < 4.78 is 1.73. The summed E-state index contributed by atoms with van der Waals surface area (Å²) in [4.78, 5) is 23.9. The van der Waals surface area contributed by atoms with Gasteiger partial charge in [0.05, 0.1) is 28.3 Å². The Morgan fingerprint density at radius 1 is 1.00 bits per heavy atom. The van der Waals surface area contributed by atoms with Crippen LogP contribution < -0.4 is 5.32 Å². The third-order valence-corrected chi connectivity index (χ3v) is 4.99. The normalized spacial score (nSPS) is 10.6. The van der Waals surface area contributed by atoms with Gasteiger partial charge in [0, 0.05) is 17.8 Å². The summed E-state index contributed by atoms with van der Waals surface area (Å²) in [5, 5.41) is 18.7. The van der Waals surface area contributed by atoms with Crippen molar-refractivity contribution in [1.29, 1.82) is 0 Å². The molecule has 0 aliphatic heterocycles. The van der Waals surface area contributed by atoms with Crippen LogP contribution >= 0.6 is 0 Å². The van der Waals surface area contributed by atoms with Crippen LogP contribution in [0.3, 0.4) is 0 Å². The van der Waals surface area contributed by atoms with E-state index in [2.05, 4.69) is 10.4 Å². The Morgan fingerprint density at radius 3 is 2.35 bits per heavy atom. The van der Waals surface area contributed by atoms with Crippen LogP contribution in [-0.2, 0) is 6.54 Å². The van der Waals surface area contributed by atoms with E-state index in [1.807, 2.05) is 60.7 Å². The summed E-state index contributed by atoms with van der Waals surface area (Å²) in [6, 6.07) is 23.9. The lowest BCUT2D eigenvalue weighted by molar-refractivity contribution is -0.385.